The topological polar surface area (TPSA) is 80.0 Å². The molecule has 1 aliphatic rings. The van der Waals surface area contributed by atoms with E-state index in [-0.39, 0.29) is 0 Å². The molecule has 7 nitrogen and oxygen atoms in total. The third-order valence-electron chi connectivity index (χ3n) is 4.75. The summed E-state index contributed by atoms with van der Waals surface area (Å²) in [7, 11) is 1.80. The number of rotatable bonds is 6. The van der Waals surface area contributed by atoms with E-state index in [2.05, 4.69) is 49.2 Å². The number of hydrogen-bond donors (Lipinski definition) is 2. The van der Waals surface area contributed by atoms with Gasteiger partial charge in [-0.05, 0) is 26.7 Å². The highest BCUT2D eigenvalue weighted by Crippen LogP contribution is 2.16. The number of fused-ring (bicyclic) bond motifs is 1. The number of aromatic nitrogens is 4. The summed E-state index contributed by atoms with van der Waals surface area (Å²) in [6, 6.07) is 0. The van der Waals surface area contributed by atoms with E-state index in [1.54, 1.807) is 18.4 Å². The molecule has 142 valence electrons. The molecule has 3 rings (SSSR count). The zero-order chi connectivity index (χ0) is 18.4. The normalized spacial score (nSPS) is 14.8. The molecule has 0 saturated heterocycles. The number of aryl methyl sites for hydroxylation is 3. The van der Waals surface area contributed by atoms with Crippen molar-refractivity contribution in [2.24, 2.45) is 4.99 Å². The van der Waals surface area contributed by atoms with Gasteiger partial charge in [-0.15, -0.1) is 21.5 Å². The minimum Gasteiger partial charge on any atom is -0.356 e. The Bertz CT molecular complexity index is 727. The number of guanidine groups is 1. The van der Waals surface area contributed by atoms with Gasteiger partial charge in [0, 0.05) is 50.8 Å². The number of nitrogens with zero attached hydrogens (tertiary/aromatic N) is 5. The third-order valence-corrected chi connectivity index (χ3v) is 5.89. The molecule has 3 heterocycles. The first-order chi connectivity index (χ1) is 12.7. The molecular weight excluding hydrogens is 346 g/mol. The third kappa shape index (κ3) is 4.81. The van der Waals surface area contributed by atoms with Crippen LogP contribution in [0.3, 0.4) is 0 Å². The molecule has 2 N–H and O–H groups in total. The zero-order valence-corrected chi connectivity index (χ0v) is 16.8. The van der Waals surface area contributed by atoms with Crippen LogP contribution in [-0.2, 0) is 25.8 Å². The molecule has 8 heteroatoms. The van der Waals surface area contributed by atoms with E-state index in [1.165, 1.54) is 29.1 Å². The van der Waals surface area contributed by atoms with E-state index in [9.17, 15) is 0 Å². The number of thiazole rings is 1. The van der Waals surface area contributed by atoms with Gasteiger partial charge in [0.05, 0.1) is 10.7 Å². The van der Waals surface area contributed by atoms with Gasteiger partial charge in [0.1, 0.15) is 11.6 Å². The fourth-order valence-electron chi connectivity index (χ4n) is 3.18. The van der Waals surface area contributed by atoms with Crippen LogP contribution >= 0.6 is 11.3 Å². The van der Waals surface area contributed by atoms with Crippen molar-refractivity contribution in [3.05, 3.63) is 27.2 Å². The first kappa shape index (κ1) is 18.8. The molecule has 1 aliphatic heterocycles. The second-order valence-corrected chi connectivity index (χ2v) is 7.96. The summed E-state index contributed by atoms with van der Waals surface area (Å²) in [5.41, 5.74) is 1.14. The largest absolute Gasteiger partial charge is 0.356 e. The lowest BCUT2D eigenvalue weighted by atomic mass is 10.2. The van der Waals surface area contributed by atoms with Gasteiger partial charge in [0.25, 0.3) is 0 Å². The quantitative estimate of drug-likeness (QED) is 0.596. The summed E-state index contributed by atoms with van der Waals surface area (Å²) in [4.78, 5) is 10.2. The maximum absolute atomic E-state index is 4.58. The second kappa shape index (κ2) is 9.12. The molecule has 2 aromatic rings. The van der Waals surface area contributed by atoms with Crippen LogP contribution < -0.4 is 10.6 Å². The molecule has 0 unspecified atom stereocenters. The van der Waals surface area contributed by atoms with Crippen molar-refractivity contribution in [3.8, 4) is 0 Å². The lowest BCUT2D eigenvalue weighted by Crippen LogP contribution is -2.39. The van der Waals surface area contributed by atoms with Crippen LogP contribution in [0.4, 0.5) is 0 Å². The Balaban J connectivity index is 1.42. The molecule has 0 fully saturated rings. The maximum Gasteiger partial charge on any atom is 0.191 e. The summed E-state index contributed by atoms with van der Waals surface area (Å²) in [5.74, 6) is 3.05. The summed E-state index contributed by atoms with van der Waals surface area (Å²) in [6.45, 7) is 6.86. The van der Waals surface area contributed by atoms with Crippen LogP contribution in [0.1, 0.15) is 46.5 Å². The molecular formula is C18H29N7S. The lowest BCUT2D eigenvalue weighted by Gasteiger charge is -2.12. The van der Waals surface area contributed by atoms with Crippen molar-refractivity contribution in [2.45, 2.75) is 58.9 Å². The highest BCUT2D eigenvalue weighted by Gasteiger charge is 2.14. The highest BCUT2D eigenvalue weighted by atomic mass is 32.1. The zero-order valence-electron chi connectivity index (χ0n) is 16.0. The maximum atomic E-state index is 4.58. The van der Waals surface area contributed by atoms with Crippen molar-refractivity contribution in [1.82, 2.24) is 30.4 Å². The van der Waals surface area contributed by atoms with Gasteiger partial charge in [-0.2, -0.15) is 0 Å². The molecule has 2 aromatic heterocycles. The first-order valence-corrected chi connectivity index (χ1v) is 10.3. The summed E-state index contributed by atoms with van der Waals surface area (Å²) in [5, 5.41) is 16.7. The number of hydrogen-bond acceptors (Lipinski definition) is 5. The molecule has 0 saturated carbocycles. The Labute approximate surface area is 159 Å². The van der Waals surface area contributed by atoms with E-state index in [1.807, 2.05) is 0 Å². The first-order valence-electron chi connectivity index (χ1n) is 9.45. The van der Waals surface area contributed by atoms with Crippen LogP contribution in [0, 0.1) is 13.8 Å². The molecule has 0 spiro atoms. The number of aliphatic imine (C=N–C) groups is 1. The number of nitrogens with one attached hydrogen (secondary N) is 2. The monoisotopic (exact) mass is 375 g/mol. The van der Waals surface area contributed by atoms with E-state index in [4.69, 9.17) is 0 Å². The molecule has 26 heavy (non-hydrogen) atoms. The van der Waals surface area contributed by atoms with Gasteiger partial charge in [-0.1, -0.05) is 6.42 Å². The Kier molecular flexibility index (Phi) is 6.60. The average molecular weight is 376 g/mol. The smallest absolute Gasteiger partial charge is 0.191 e. The average Bonchev–Trinajstić information content (AvgIpc) is 3.06. The summed E-state index contributed by atoms with van der Waals surface area (Å²) in [6.07, 6.45) is 6.57. The van der Waals surface area contributed by atoms with Crippen LogP contribution in [0.25, 0.3) is 0 Å². The van der Waals surface area contributed by atoms with Crippen LogP contribution in [0.2, 0.25) is 0 Å². The minimum atomic E-state index is 0.799. The molecule has 0 aliphatic carbocycles. The fourth-order valence-corrected chi connectivity index (χ4v) is 4.11. The van der Waals surface area contributed by atoms with E-state index >= 15 is 0 Å². The van der Waals surface area contributed by atoms with Crippen LogP contribution in [-0.4, -0.2) is 45.8 Å². The highest BCUT2D eigenvalue weighted by molar-refractivity contribution is 7.11. The van der Waals surface area contributed by atoms with E-state index in [0.717, 1.165) is 62.2 Å². The van der Waals surface area contributed by atoms with Crippen molar-refractivity contribution in [1.29, 1.82) is 0 Å². The van der Waals surface area contributed by atoms with Gasteiger partial charge in [-0.3, -0.25) is 4.99 Å². The van der Waals surface area contributed by atoms with Crippen molar-refractivity contribution < 1.29 is 0 Å². The van der Waals surface area contributed by atoms with Gasteiger partial charge in [0.2, 0.25) is 0 Å². The van der Waals surface area contributed by atoms with Gasteiger partial charge >= 0.3 is 0 Å². The van der Waals surface area contributed by atoms with Crippen molar-refractivity contribution in [3.63, 3.8) is 0 Å². The van der Waals surface area contributed by atoms with Crippen molar-refractivity contribution in [2.75, 3.05) is 20.1 Å². The van der Waals surface area contributed by atoms with Crippen LogP contribution in [0.15, 0.2) is 4.99 Å². The SMILES string of the molecule is CN=C(NCCc1nc(C)c(C)s1)NCCc1nnc2n1CCCCC2. The summed E-state index contributed by atoms with van der Waals surface area (Å²) < 4.78 is 2.30. The predicted molar refractivity (Wildman–Crippen MR) is 106 cm³/mol. The van der Waals surface area contributed by atoms with Gasteiger partial charge < -0.3 is 15.2 Å². The second-order valence-electron chi connectivity index (χ2n) is 6.67. The summed E-state index contributed by atoms with van der Waals surface area (Å²) >= 11 is 1.78. The molecule has 0 atom stereocenters. The molecule has 0 bridgehead atoms. The van der Waals surface area contributed by atoms with E-state index in [0.29, 0.717) is 0 Å². The van der Waals surface area contributed by atoms with Gasteiger partial charge in [0.15, 0.2) is 5.96 Å². The Morgan fingerprint density at radius 3 is 2.65 bits per heavy atom. The lowest BCUT2D eigenvalue weighted by molar-refractivity contribution is 0.600. The molecule has 0 aromatic carbocycles. The minimum absolute atomic E-state index is 0.799. The fraction of sp³-hybridized carbons (Fsp3) is 0.667. The van der Waals surface area contributed by atoms with Gasteiger partial charge in [-0.25, -0.2) is 4.98 Å². The van der Waals surface area contributed by atoms with Crippen LogP contribution in [0.5, 0.6) is 0 Å². The Morgan fingerprint density at radius 2 is 1.92 bits per heavy atom. The Morgan fingerprint density at radius 1 is 1.12 bits per heavy atom. The molecule has 0 radical (unpaired) electrons. The predicted octanol–water partition coefficient (Wildman–Crippen LogP) is 2.03. The Hall–Kier alpha value is -1.96. The molecule has 0 amide bonds. The van der Waals surface area contributed by atoms with Crippen molar-refractivity contribution >= 4 is 17.3 Å². The van der Waals surface area contributed by atoms with E-state index < -0.39 is 0 Å². The standard InChI is InChI=1S/C18H29N7S/c1-13-14(2)26-17(22-13)9-11-21-18(19-3)20-10-8-16-24-23-15-7-5-4-6-12-25(15)16/h4-12H2,1-3H3,(H2,19,20,21).